The summed E-state index contributed by atoms with van der Waals surface area (Å²) < 4.78 is 0. The fraction of sp³-hybridized carbons (Fsp3) is 0.667. The van der Waals surface area contributed by atoms with E-state index in [9.17, 15) is 48.6 Å². The molecule has 1 aromatic rings. The summed E-state index contributed by atoms with van der Waals surface area (Å²) >= 11 is 0. The number of nitrogens with one attached hydrogen (secondary N) is 5. The van der Waals surface area contributed by atoms with Gasteiger partial charge in [0, 0.05) is 13.0 Å². The summed E-state index contributed by atoms with van der Waals surface area (Å²) in [6.45, 7) is 4.78. The minimum absolute atomic E-state index is 0.0292. The summed E-state index contributed by atoms with van der Waals surface area (Å²) in [6, 6.07) is -2.44. The largest absolute Gasteiger partial charge is 0.508 e. The van der Waals surface area contributed by atoms with Crippen LogP contribution < -0.4 is 55.3 Å². The van der Waals surface area contributed by atoms with E-state index in [-0.39, 0.29) is 56.7 Å². The second kappa shape index (κ2) is 28.3. The Balaban J connectivity index is 2.38. The first-order chi connectivity index (χ1) is 29.9. The van der Waals surface area contributed by atoms with Crippen LogP contribution in [0.15, 0.2) is 24.3 Å². The van der Waals surface area contributed by atoms with E-state index in [1.807, 2.05) is 13.8 Å². The van der Waals surface area contributed by atoms with E-state index < -0.39 is 96.0 Å². The Bertz CT molecular complexity index is 1660. The number of nitrogens with zero attached hydrogens (tertiary/aromatic N) is 1. The maximum atomic E-state index is 14.4. The Morgan fingerprint density at radius 3 is 1.67 bits per heavy atom. The van der Waals surface area contributed by atoms with Gasteiger partial charge < -0.3 is 70.4 Å². The SMILES string of the molecule is CC(C)CC(NC(=O)C(CCCCN)NC(=O)C1CCCN1C(=O)C(CCCCN)NC(=O)C(CCCCN)NC(=O)C(Cc1ccc(O)cc1)NC(=O)C(N)CC(N)=O)C(=O)O. The van der Waals surface area contributed by atoms with Gasteiger partial charge in [0.1, 0.15) is 42.0 Å². The monoisotopic (exact) mass is 890 g/mol. The molecule has 63 heavy (non-hydrogen) atoms. The Morgan fingerprint density at radius 1 is 0.683 bits per heavy atom. The zero-order chi connectivity index (χ0) is 47.1. The average molecular weight is 890 g/mol. The second-order valence-electron chi connectivity index (χ2n) is 16.5. The van der Waals surface area contributed by atoms with Crippen LogP contribution in [0.3, 0.4) is 0 Å². The Morgan fingerprint density at radius 2 is 1.16 bits per heavy atom. The highest BCUT2D eigenvalue weighted by atomic mass is 16.4. The van der Waals surface area contributed by atoms with Gasteiger partial charge in [-0.25, -0.2) is 4.79 Å². The Hall–Kier alpha value is -5.38. The fourth-order valence-corrected chi connectivity index (χ4v) is 7.22. The van der Waals surface area contributed by atoms with Gasteiger partial charge >= 0.3 is 5.97 Å². The first-order valence-electron chi connectivity index (χ1n) is 21.9. The molecular weight excluding hydrogens is 819 g/mol. The lowest BCUT2D eigenvalue weighted by atomic mass is 10.0. The predicted molar refractivity (Wildman–Crippen MR) is 234 cm³/mol. The number of carbonyl (C=O) groups is 8. The van der Waals surface area contributed by atoms with E-state index in [1.165, 1.54) is 17.0 Å². The quantitative estimate of drug-likeness (QED) is 0.0375. The highest BCUT2D eigenvalue weighted by Gasteiger charge is 2.40. The molecule has 17 N–H and O–H groups in total. The summed E-state index contributed by atoms with van der Waals surface area (Å²) in [4.78, 5) is 108. The summed E-state index contributed by atoms with van der Waals surface area (Å²) in [5.41, 5.74) is 28.8. The van der Waals surface area contributed by atoms with Crippen LogP contribution in [0, 0.1) is 5.92 Å². The number of aliphatic carboxylic acids is 1. The standard InChI is InChI=1S/C42H71N11O10/c1-25(2)22-33(42(62)63)52-38(58)30(11-4-7-19-44)49-40(60)34-13-9-21-53(34)41(61)31(12-5-8-20-45)50-37(57)29(10-3-6-18-43)48-39(59)32(23-26-14-16-27(54)17-15-26)51-36(56)28(46)24-35(47)55/h14-17,25,28-34,54H,3-13,18-24,43-46H2,1-2H3,(H2,47,55)(H,48,59)(H,49,60)(H,50,57)(H,51,56)(H,52,58)(H,62,63). The van der Waals surface area contributed by atoms with Crippen molar-refractivity contribution in [3.63, 3.8) is 0 Å². The van der Waals surface area contributed by atoms with E-state index in [1.54, 1.807) is 12.1 Å². The van der Waals surface area contributed by atoms with Gasteiger partial charge in [-0.05, 0) is 120 Å². The summed E-state index contributed by atoms with van der Waals surface area (Å²) in [6.07, 6.45) is 3.59. The van der Waals surface area contributed by atoms with Gasteiger partial charge in [-0.2, -0.15) is 0 Å². The molecule has 2 rings (SSSR count). The number of hydrogen-bond donors (Lipinski definition) is 12. The molecule has 0 radical (unpaired) electrons. The third-order valence-electron chi connectivity index (χ3n) is 10.6. The van der Waals surface area contributed by atoms with Crippen molar-refractivity contribution in [2.45, 2.75) is 146 Å². The molecule has 0 saturated carbocycles. The number of benzene rings is 1. The summed E-state index contributed by atoms with van der Waals surface area (Å²) in [5, 5.41) is 32.8. The van der Waals surface area contributed by atoms with Crippen LogP contribution in [0.25, 0.3) is 0 Å². The number of unbranched alkanes of at least 4 members (excludes halogenated alkanes) is 3. The Labute approximate surface area is 369 Å². The molecule has 1 aliphatic heterocycles. The summed E-state index contributed by atoms with van der Waals surface area (Å²) in [7, 11) is 0. The summed E-state index contributed by atoms with van der Waals surface area (Å²) in [5.74, 6) is -6.27. The van der Waals surface area contributed by atoms with Crippen molar-refractivity contribution >= 4 is 47.3 Å². The minimum Gasteiger partial charge on any atom is -0.508 e. The number of phenols is 1. The van der Waals surface area contributed by atoms with E-state index in [0.29, 0.717) is 70.1 Å². The molecule has 7 amide bonds. The van der Waals surface area contributed by atoms with Gasteiger partial charge in [-0.3, -0.25) is 33.6 Å². The molecular formula is C42H71N11O10. The maximum Gasteiger partial charge on any atom is 0.326 e. The van der Waals surface area contributed by atoms with Crippen LogP contribution in [-0.2, 0) is 44.8 Å². The van der Waals surface area contributed by atoms with Crippen molar-refractivity contribution in [1.82, 2.24) is 31.5 Å². The number of rotatable bonds is 30. The van der Waals surface area contributed by atoms with Gasteiger partial charge in [0.2, 0.25) is 41.4 Å². The fourth-order valence-electron chi connectivity index (χ4n) is 7.22. The third-order valence-corrected chi connectivity index (χ3v) is 10.6. The molecule has 7 atom stereocenters. The lowest BCUT2D eigenvalue weighted by Gasteiger charge is -2.31. The molecule has 1 aliphatic rings. The number of aromatic hydroxyl groups is 1. The van der Waals surface area contributed by atoms with Crippen LogP contribution >= 0.6 is 0 Å². The number of carboxylic acids is 1. The zero-order valence-electron chi connectivity index (χ0n) is 36.7. The number of phenolic OH excluding ortho intramolecular Hbond substituents is 1. The van der Waals surface area contributed by atoms with Gasteiger partial charge in [0.15, 0.2) is 0 Å². The van der Waals surface area contributed by atoms with E-state index in [4.69, 9.17) is 28.7 Å². The number of primary amides is 1. The molecule has 0 bridgehead atoms. The highest BCUT2D eigenvalue weighted by molar-refractivity contribution is 5.97. The van der Waals surface area contributed by atoms with E-state index in [0.717, 1.165) is 0 Å². The molecule has 0 aliphatic carbocycles. The van der Waals surface area contributed by atoms with Crippen LogP contribution in [0.2, 0.25) is 0 Å². The van der Waals surface area contributed by atoms with Gasteiger partial charge in [0.05, 0.1) is 12.5 Å². The van der Waals surface area contributed by atoms with Gasteiger partial charge in [-0.1, -0.05) is 26.0 Å². The van der Waals surface area contributed by atoms with Gasteiger partial charge in [-0.15, -0.1) is 0 Å². The molecule has 0 aromatic heterocycles. The molecule has 21 nitrogen and oxygen atoms in total. The molecule has 1 saturated heterocycles. The minimum atomic E-state index is -1.36. The normalized spacial score (nSPS) is 16.5. The topological polar surface area (TPSA) is 371 Å². The first-order valence-corrected chi connectivity index (χ1v) is 21.9. The molecule has 1 aromatic carbocycles. The van der Waals surface area contributed by atoms with Crippen LogP contribution in [0.5, 0.6) is 5.75 Å². The number of carbonyl (C=O) groups excluding carboxylic acids is 7. The lowest BCUT2D eigenvalue weighted by Crippen LogP contribution is -2.60. The van der Waals surface area contributed by atoms with Crippen LogP contribution in [0.1, 0.15) is 103 Å². The maximum absolute atomic E-state index is 14.4. The third kappa shape index (κ3) is 19.3. The smallest absolute Gasteiger partial charge is 0.326 e. The zero-order valence-corrected chi connectivity index (χ0v) is 36.7. The molecule has 1 heterocycles. The van der Waals surface area contributed by atoms with Crippen molar-refractivity contribution in [2.24, 2.45) is 34.6 Å². The van der Waals surface area contributed by atoms with Crippen LogP contribution in [-0.4, -0.2) is 131 Å². The number of hydrogen-bond acceptors (Lipinski definition) is 13. The van der Waals surface area contributed by atoms with E-state index in [2.05, 4.69) is 26.6 Å². The number of carboxylic acid groups (broad SMARTS) is 1. The molecule has 21 heteroatoms. The van der Waals surface area contributed by atoms with Gasteiger partial charge in [0.25, 0.3) is 0 Å². The van der Waals surface area contributed by atoms with Crippen molar-refractivity contribution in [2.75, 3.05) is 26.2 Å². The number of likely N-dealkylation sites (tertiary alicyclic amines) is 1. The predicted octanol–water partition coefficient (Wildman–Crippen LogP) is -1.93. The average Bonchev–Trinajstić information content (AvgIpc) is 3.72. The second-order valence-corrected chi connectivity index (χ2v) is 16.5. The number of amides is 7. The highest BCUT2D eigenvalue weighted by Crippen LogP contribution is 2.21. The van der Waals surface area contributed by atoms with Crippen molar-refractivity contribution in [3.8, 4) is 5.75 Å². The Kier molecular flexibility index (Phi) is 24.2. The lowest BCUT2D eigenvalue weighted by molar-refractivity contribution is -0.144. The molecule has 7 unspecified atom stereocenters. The van der Waals surface area contributed by atoms with Crippen LogP contribution in [0.4, 0.5) is 0 Å². The molecule has 354 valence electrons. The van der Waals surface area contributed by atoms with Crippen molar-refractivity contribution in [3.05, 3.63) is 29.8 Å². The van der Waals surface area contributed by atoms with Crippen molar-refractivity contribution in [1.29, 1.82) is 0 Å². The first kappa shape index (κ1) is 53.8. The van der Waals surface area contributed by atoms with E-state index >= 15 is 0 Å². The van der Waals surface area contributed by atoms with Crippen molar-refractivity contribution < 1.29 is 48.6 Å². The molecule has 0 spiro atoms. The number of nitrogens with two attached hydrogens (primary N) is 5. The molecule has 1 fully saturated rings.